The quantitative estimate of drug-likeness (QED) is 0.903. The van der Waals surface area contributed by atoms with Crippen molar-refractivity contribution in [2.24, 2.45) is 0 Å². The van der Waals surface area contributed by atoms with Gasteiger partial charge in [-0.1, -0.05) is 6.42 Å². The van der Waals surface area contributed by atoms with E-state index >= 15 is 0 Å². The summed E-state index contributed by atoms with van der Waals surface area (Å²) in [4.78, 5) is 13.4. The van der Waals surface area contributed by atoms with Crippen LogP contribution in [0.4, 0.5) is 0 Å². The number of likely N-dealkylation sites (tertiary alicyclic amines) is 1. The predicted octanol–water partition coefficient (Wildman–Crippen LogP) is 2.45. The number of carboxylic acids is 1. The topological polar surface area (TPSA) is 59.0 Å². The van der Waals surface area contributed by atoms with E-state index in [4.69, 9.17) is 9.47 Å². The molecule has 0 bridgehead atoms. The minimum atomic E-state index is -0.743. The summed E-state index contributed by atoms with van der Waals surface area (Å²) < 4.78 is 10.8. The summed E-state index contributed by atoms with van der Waals surface area (Å²) in [6.07, 6.45) is 2.72. The number of carbonyl (C=O) groups is 1. The molecule has 116 valence electrons. The first-order valence-corrected chi connectivity index (χ1v) is 7.25. The van der Waals surface area contributed by atoms with E-state index in [1.54, 1.807) is 14.2 Å². The molecule has 1 atom stereocenters. The summed E-state index contributed by atoms with van der Waals surface area (Å²) in [5, 5.41) is 9.36. The van der Waals surface area contributed by atoms with Crippen LogP contribution < -0.4 is 9.47 Å². The van der Waals surface area contributed by atoms with Crippen LogP contribution in [0.1, 0.15) is 30.4 Å². The lowest BCUT2D eigenvalue weighted by Gasteiger charge is -2.33. The second-order valence-electron chi connectivity index (χ2n) is 5.45. The van der Waals surface area contributed by atoms with Crippen molar-refractivity contribution >= 4 is 5.97 Å². The Morgan fingerprint density at radius 3 is 2.62 bits per heavy atom. The van der Waals surface area contributed by atoms with Crippen molar-refractivity contribution in [1.29, 1.82) is 0 Å². The molecule has 5 nitrogen and oxygen atoms in total. The standard InChI is InChI=1S/C16H23NO4/c1-11-8-15(21-3)12(9-14(11)20-2)10-17-7-5-4-6-13(17)16(18)19/h8-9,13H,4-7,10H2,1-3H3,(H,18,19)/t13-/m0/s1. The number of carboxylic acid groups (broad SMARTS) is 1. The van der Waals surface area contributed by atoms with Crippen molar-refractivity contribution in [3.05, 3.63) is 23.3 Å². The minimum absolute atomic E-state index is 0.407. The first kappa shape index (κ1) is 15.6. The maximum absolute atomic E-state index is 11.4. The molecule has 1 aromatic rings. The Morgan fingerprint density at radius 1 is 1.29 bits per heavy atom. The first-order valence-electron chi connectivity index (χ1n) is 7.25. The highest BCUT2D eigenvalue weighted by Gasteiger charge is 2.29. The number of hydrogen-bond donors (Lipinski definition) is 1. The molecule has 5 heteroatoms. The molecule has 1 aliphatic heterocycles. The van der Waals surface area contributed by atoms with Gasteiger partial charge in [-0.3, -0.25) is 9.69 Å². The van der Waals surface area contributed by atoms with Gasteiger partial charge in [0.1, 0.15) is 17.5 Å². The molecule has 0 aliphatic carbocycles. The van der Waals surface area contributed by atoms with Gasteiger partial charge < -0.3 is 14.6 Å². The third-order valence-electron chi connectivity index (χ3n) is 4.07. The third kappa shape index (κ3) is 3.47. The van der Waals surface area contributed by atoms with Crippen LogP contribution >= 0.6 is 0 Å². The van der Waals surface area contributed by atoms with Crippen LogP contribution in [-0.2, 0) is 11.3 Å². The van der Waals surface area contributed by atoms with Crippen LogP contribution in [0.2, 0.25) is 0 Å². The van der Waals surface area contributed by atoms with Gasteiger partial charge in [0.15, 0.2) is 0 Å². The molecule has 1 N–H and O–H groups in total. The lowest BCUT2D eigenvalue weighted by atomic mass is 10.0. The van der Waals surface area contributed by atoms with Crippen LogP contribution in [0.25, 0.3) is 0 Å². The van der Waals surface area contributed by atoms with Gasteiger partial charge in [-0.15, -0.1) is 0 Å². The molecule has 2 rings (SSSR count). The average molecular weight is 293 g/mol. The number of ether oxygens (including phenoxy) is 2. The zero-order chi connectivity index (χ0) is 15.4. The van der Waals surface area contributed by atoms with E-state index in [0.717, 1.165) is 42.0 Å². The summed E-state index contributed by atoms with van der Waals surface area (Å²) in [6, 6.07) is 3.48. The second kappa shape index (κ2) is 6.80. The van der Waals surface area contributed by atoms with Gasteiger partial charge >= 0.3 is 5.97 Å². The van der Waals surface area contributed by atoms with Crippen LogP contribution in [0.3, 0.4) is 0 Å². The molecular formula is C16H23NO4. The Balaban J connectivity index is 2.26. The Bertz CT molecular complexity index is 515. The van der Waals surface area contributed by atoms with Gasteiger partial charge in [0.2, 0.25) is 0 Å². The van der Waals surface area contributed by atoms with Crippen LogP contribution in [-0.4, -0.2) is 42.8 Å². The van der Waals surface area contributed by atoms with E-state index < -0.39 is 12.0 Å². The largest absolute Gasteiger partial charge is 0.496 e. The third-order valence-corrected chi connectivity index (χ3v) is 4.07. The van der Waals surface area contributed by atoms with Crippen LogP contribution in [0, 0.1) is 6.92 Å². The first-order chi connectivity index (χ1) is 10.1. The molecule has 1 aliphatic rings. The number of rotatable bonds is 5. The minimum Gasteiger partial charge on any atom is -0.496 e. The summed E-state index contributed by atoms with van der Waals surface area (Å²) in [5.74, 6) is 0.838. The van der Waals surface area contributed by atoms with E-state index in [1.165, 1.54) is 0 Å². The highest BCUT2D eigenvalue weighted by Crippen LogP contribution is 2.30. The molecule has 0 amide bonds. The summed E-state index contributed by atoms with van der Waals surface area (Å²) >= 11 is 0. The van der Waals surface area contributed by atoms with Crippen molar-refractivity contribution in [2.45, 2.75) is 38.8 Å². The molecule has 0 spiro atoms. The zero-order valence-electron chi connectivity index (χ0n) is 12.9. The number of aryl methyl sites for hydroxylation is 1. The number of nitrogens with zero attached hydrogens (tertiary/aromatic N) is 1. The normalized spacial score (nSPS) is 19.3. The fourth-order valence-corrected chi connectivity index (χ4v) is 2.92. The molecule has 1 aromatic carbocycles. The lowest BCUT2D eigenvalue weighted by Crippen LogP contribution is -2.44. The van der Waals surface area contributed by atoms with Gasteiger partial charge in [0.25, 0.3) is 0 Å². The molecular weight excluding hydrogens is 270 g/mol. The average Bonchev–Trinajstić information content (AvgIpc) is 2.48. The second-order valence-corrected chi connectivity index (χ2v) is 5.45. The summed E-state index contributed by atoms with van der Waals surface area (Å²) in [5.41, 5.74) is 1.97. The van der Waals surface area contributed by atoms with Crippen LogP contribution in [0.15, 0.2) is 12.1 Å². The SMILES string of the molecule is COc1cc(CN2CCCC[C@H]2C(=O)O)c(OC)cc1C. The number of hydrogen-bond acceptors (Lipinski definition) is 4. The van der Waals surface area contributed by atoms with Crippen molar-refractivity contribution in [3.63, 3.8) is 0 Å². The fraction of sp³-hybridized carbons (Fsp3) is 0.562. The van der Waals surface area contributed by atoms with Gasteiger partial charge in [-0.2, -0.15) is 0 Å². The van der Waals surface area contributed by atoms with Gasteiger partial charge in [0.05, 0.1) is 14.2 Å². The number of aliphatic carboxylic acids is 1. The Labute approximate surface area is 125 Å². The number of benzene rings is 1. The van der Waals surface area contributed by atoms with Gasteiger partial charge in [-0.25, -0.2) is 0 Å². The highest BCUT2D eigenvalue weighted by atomic mass is 16.5. The number of methoxy groups -OCH3 is 2. The summed E-state index contributed by atoms with van der Waals surface area (Å²) in [7, 11) is 3.27. The van der Waals surface area contributed by atoms with E-state index in [9.17, 15) is 9.90 Å². The smallest absolute Gasteiger partial charge is 0.320 e. The maximum Gasteiger partial charge on any atom is 0.320 e. The Kier molecular flexibility index (Phi) is 5.07. The maximum atomic E-state index is 11.4. The van der Waals surface area contributed by atoms with Crippen molar-refractivity contribution in [3.8, 4) is 11.5 Å². The lowest BCUT2D eigenvalue weighted by molar-refractivity contribution is -0.144. The fourth-order valence-electron chi connectivity index (χ4n) is 2.92. The zero-order valence-corrected chi connectivity index (χ0v) is 12.9. The van der Waals surface area contributed by atoms with Crippen molar-refractivity contribution < 1.29 is 19.4 Å². The summed E-state index contributed by atoms with van der Waals surface area (Å²) in [6.45, 7) is 3.33. The monoisotopic (exact) mass is 293 g/mol. The van der Waals surface area contributed by atoms with E-state index in [0.29, 0.717) is 13.0 Å². The van der Waals surface area contributed by atoms with Crippen LogP contribution in [0.5, 0.6) is 11.5 Å². The molecule has 1 fully saturated rings. The molecule has 1 heterocycles. The van der Waals surface area contributed by atoms with E-state index in [1.807, 2.05) is 24.0 Å². The van der Waals surface area contributed by atoms with Crippen molar-refractivity contribution in [2.75, 3.05) is 20.8 Å². The molecule has 21 heavy (non-hydrogen) atoms. The number of piperidine rings is 1. The van der Waals surface area contributed by atoms with E-state index in [-0.39, 0.29) is 0 Å². The molecule has 0 radical (unpaired) electrons. The Hall–Kier alpha value is -1.75. The van der Waals surface area contributed by atoms with E-state index in [2.05, 4.69) is 0 Å². The molecule has 0 saturated carbocycles. The van der Waals surface area contributed by atoms with Gasteiger partial charge in [0, 0.05) is 12.1 Å². The molecule has 0 aromatic heterocycles. The predicted molar refractivity (Wildman–Crippen MR) is 80.0 cm³/mol. The highest BCUT2D eigenvalue weighted by molar-refractivity contribution is 5.73. The Morgan fingerprint density at radius 2 is 2.00 bits per heavy atom. The molecule has 1 saturated heterocycles. The van der Waals surface area contributed by atoms with Crippen molar-refractivity contribution in [1.82, 2.24) is 4.90 Å². The molecule has 0 unspecified atom stereocenters. The van der Waals surface area contributed by atoms with Gasteiger partial charge in [-0.05, 0) is 44.0 Å².